The van der Waals surface area contributed by atoms with Crippen LogP contribution in [-0.4, -0.2) is 22.6 Å². The second kappa shape index (κ2) is 5.39. The average molecular weight is 271 g/mol. The van der Waals surface area contributed by atoms with Crippen LogP contribution < -0.4 is 0 Å². The van der Waals surface area contributed by atoms with Crippen LogP contribution in [0.25, 0.3) is 0 Å². The number of carbonyl (C=O) groups is 2. The summed E-state index contributed by atoms with van der Waals surface area (Å²) in [6.07, 6.45) is 6.25. The van der Waals surface area contributed by atoms with Gasteiger partial charge in [-0.15, -0.1) is 0 Å². The maximum Gasteiger partial charge on any atom is 0.254 e. The van der Waals surface area contributed by atoms with E-state index in [1.165, 1.54) is 19.3 Å². The Hall–Kier alpha value is -1.64. The van der Waals surface area contributed by atoms with Crippen molar-refractivity contribution in [1.82, 2.24) is 4.90 Å². The lowest BCUT2D eigenvalue weighted by Gasteiger charge is -2.35. The smallest absolute Gasteiger partial charge is 0.254 e. The Morgan fingerprint density at radius 1 is 1.20 bits per heavy atom. The van der Waals surface area contributed by atoms with Crippen molar-refractivity contribution in [2.45, 2.75) is 57.5 Å². The Labute approximate surface area is 120 Å². The molecule has 0 saturated heterocycles. The molecule has 0 N–H and O–H groups in total. The lowest BCUT2D eigenvalue weighted by Crippen LogP contribution is -2.40. The van der Waals surface area contributed by atoms with Gasteiger partial charge in [0.05, 0.1) is 6.04 Å². The molecule has 3 rings (SSSR count). The van der Waals surface area contributed by atoms with Gasteiger partial charge in [-0.1, -0.05) is 37.5 Å². The molecule has 106 valence electrons. The van der Waals surface area contributed by atoms with E-state index in [4.69, 9.17) is 0 Å². The molecule has 1 unspecified atom stereocenters. The quantitative estimate of drug-likeness (QED) is 0.843. The summed E-state index contributed by atoms with van der Waals surface area (Å²) in [5, 5.41) is 0. The standard InChI is InChI=1S/C17H21NO2/c1-12(19)11-16-14-9-5-6-10-15(14)17(20)18(16)13-7-3-2-4-8-13/h5-6,9-10,13,16H,2-4,7-8,11H2,1H3. The van der Waals surface area contributed by atoms with Crippen molar-refractivity contribution in [1.29, 1.82) is 0 Å². The molecule has 1 atom stereocenters. The number of amides is 1. The van der Waals surface area contributed by atoms with E-state index in [9.17, 15) is 9.59 Å². The Bertz CT molecular complexity index is 532. The number of hydrogen-bond acceptors (Lipinski definition) is 2. The molecule has 1 aliphatic carbocycles. The Morgan fingerprint density at radius 3 is 2.60 bits per heavy atom. The molecular weight excluding hydrogens is 250 g/mol. The Morgan fingerprint density at radius 2 is 1.90 bits per heavy atom. The third-order valence-electron chi connectivity index (χ3n) is 4.57. The minimum atomic E-state index is -0.0423. The van der Waals surface area contributed by atoms with Crippen molar-refractivity contribution in [3.8, 4) is 0 Å². The van der Waals surface area contributed by atoms with E-state index in [0.29, 0.717) is 12.5 Å². The van der Waals surface area contributed by atoms with Gasteiger partial charge in [-0.25, -0.2) is 0 Å². The molecule has 1 aromatic rings. The highest BCUT2D eigenvalue weighted by atomic mass is 16.2. The van der Waals surface area contributed by atoms with Crippen molar-refractivity contribution in [3.63, 3.8) is 0 Å². The molecule has 0 spiro atoms. The molecule has 0 aromatic heterocycles. The number of fused-ring (bicyclic) bond motifs is 1. The molecule has 1 fully saturated rings. The number of hydrogen-bond donors (Lipinski definition) is 0. The fourth-order valence-corrected chi connectivity index (χ4v) is 3.67. The molecule has 1 saturated carbocycles. The lowest BCUT2D eigenvalue weighted by molar-refractivity contribution is -0.118. The molecule has 3 heteroatoms. The van der Waals surface area contributed by atoms with Crippen molar-refractivity contribution >= 4 is 11.7 Å². The van der Waals surface area contributed by atoms with Gasteiger partial charge in [0.15, 0.2) is 0 Å². The van der Waals surface area contributed by atoms with E-state index < -0.39 is 0 Å². The highest BCUT2D eigenvalue weighted by Gasteiger charge is 2.40. The van der Waals surface area contributed by atoms with Gasteiger partial charge < -0.3 is 4.90 Å². The first kappa shape index (κ1) is 13.3. The summed E-state index contributed by atoms with van der Waals surface area (Å²) in [4.78, 5) is 26.3. The summed E-state index contributed by atoms with van der Waals surface area (Å²) in [6, 6.07) is 8.04. The summed E-state index contributed by atoms with van der Waals surface area (Å²) in [5.41, 5.74) is 1.84. The minimum Gasteiger partial charge on any atom is -0.328 e. The van der Waals surface area contributed by atoms with E-state index >= 15 is 0 Å². The number of ketones is 1. The Kier molecular flexibility index (Phi) is 3.60. The zero-order chi connectivity index (χ0) is 14.1. The van der Waals surface area contributed by atoms with E-state index in [-0.39, 0.29) is 17.7 Å². The normalized spacial score (nSPS) is 22.9. The van der Waals surface area contributed by atoms with Crippen molar-refractivity contribution in [2.75, 3.05) is 0 Å². The summed E-state index contributed by atoms with van der Waals surface area (Å²) in [5.74, 6) is 0.277. The van der Waals surface area contributed by atoms with Gasteiger partial charge in [0.2, 0.25) is 0 Å². The van der Waals surface area contributed by atoms with Crippen LogP contribution in [0.4, 0.5) is 0 Å². The van der Waals surface area contributed by atoms with Crippen molar-refractivity contribution < 1.29 is 9.59 Å². The fraction of sp³-hybridized carbons (Fsp3) is 0.529. The van der Waals surface area contributed by atoms with Crippen molar-refractivity contribution in [3.05, 3.63) is 35.4 Å². The molecule has 1 amide bonds. The highest BCUT2D eigenvalue weighted by Crippen LogP contribution is 2.40. The predicted molar refractivity (Wildman–Crippen MR) is 77.5 cm³/mol. The van der Waals surface area contributed by atoms with Crippen LogP contribution in [0, 0.1) is 0 Å². The van der Waals surface area contributed by atoms with Crippen molar-refractivity contribution in [2.24, 2.45) is 0 Å². The summed E-state index contributed by atoms with van der Waals surface area (Å²) < 4.78 is 0. The topological polar surface area (TPSA) is 37.4 Å². The van der Waals surface area contributed by atoms with Crippen LogP contribution in [0.1, 0.15) is 67.4 Å². The van der Waals surface area contributed by atoms with E-state index in [0.717, 1.165) is 24.0 Å². The largest absolute Gasteiger partial charge is 0.328 e. The molecule has 3 nitrogen and oxygen atoms in total. The fourth-order valence-electron chi connectivity index (χ4n) is 3.67. The molecule has 2 aliphatic rings. The third-order valence-corrected chi connectivity index (χ3v) is 4.57. The predicted octanol–water partition coefficient (Wildman–Crippen LogP) is 3.50. The van der Waals surface area contributed by atoms with Gasteiger partial charge in [-0.05, 0) is 31.4 Å². The molecule has 1 aliphatic heterocycles. The van der Waals surface area contributed by atoms with E-state index in [1.54, 1.807) is 6.92 Å². The maximum atomic E-state index is 12.7. The minimum absolute atomic E-state index is 0.0423. The van der Waals surface area contributed by atoms with Crippen LogP contribution >= 0.6 is 0 Å². The first-order valence-electron chi connectivity index (χ1n) is 7.59. The lowest BCUT2D eigenvalue weighted by atomic mass is 9.92. The second-order valence-electron chi connectivity index (χ2n) is 6.01. The van der Waals surface area contributed by atoms with Crippen LogP contribution in [0.5, 0.6) is 0 Å². The highest BCUT2D eigenvalue weighted by molar-refractivity contribution is 6.00. The summed E-state index contributed by atoms with van der Waals surface area (Å²) in [7, 11) is 0. The van der Waals surface area contributed by atoms with Gasteiger partial charge in [0.1, 0.15) is 5.78 Å². The van der Waals surface area contributed by atoms with Gasteiger partial charge in [-0.2, -0.15) is 0 Å². The van der Waals surface area contributed by atoms with Gasteiger partial charge in [-0.3, -0.25) is 9.59 Å². The molecule has 0 bridgehead atoms. The molecule has 1 aromatic carbocycles. The van der Waals surface area contributed by atoms with E-state index in [2.05, 4.69) is 0 Å². The maximum absolute atomic E-state index is 12.7. The van der Waals surface area contributed by atoms with Crippen LogP contribution in [0.3, 0.4) is 0 Å². The number of carbonyl (C=O) groups excluding carboxylic acids is 2. The first-order valence-corrected chi connectivity index (χ1v) is 7.59. The summed E-state index contributed by atoms with van der Waals surface area (Å²) in [6.45, 7) is 1.62. The number of rotatable bonds is 3. The molecule has 0 radical (unpaired) electrons. The summed E-state index contributed by atoms with van der Waals surface area (Å²) >= 11 is 0. The van der Waals surface area contributed by atoms with Crippen LogP contribution in [0.15, 0.2) is 24.3 Å². The monoisotopic (exact) mass is 271 g/mol. The van der Waals surface area contributed by atoms with Gasteiger partial charge in [0, 0.05) is 18.0 Å². The third kappa shape index (κ3) is 2.26. The SMILES string of the molecule is CC(=O)CC1c2ccccc2C(=O)N1C1CCCCC1. The first-order chi connectivity index (χ1) is 9.68. The Balaban J connectivity index is 1.95. The molecule has 20 heavy (non-hydrogen) atoms. The average Bonchev–Trinajstić information content (AvgIpc) is 2.73. The zero-order valence-electron chi connectivity index (χ0n) is 12.0. The number of benzene rings is 1. The second-order valence-corrected chi connectivity index (χ2v) is 6.01. The number of nitrogens with zero attached hydrogens (tertiary/aromatic N) is 1. The van der Waals surface area contributed by atoms with Crippen LogP contribution in [0.2, 0.25) is 0 Å². The van der Waals surface area contributed by atoms with E-state index in [1.807, 2.05) is 29.2 Å². The van der Waals surface area contributed by atoms with Crippen LogP contribution in [-0.2, 0) is 4.79 Å². The van der Waals surface area contributed by atoms with Gasteiger partial charge in [0.25, 0.3) is 5.91 Å². The number of Topliss-reactive ketones (excluding diaryl/α,β-unsaturated/α-hetero) is 1. The zero-order valence-corrected chi connectivity index (χ0v) is 12.0. The van der Waals surface area contributed by atoms with Gasteiger partial charge >= 0.3 is 0 Å². The molecular formula is C17H21NO2. The molecule has 1 heterocycles.